The Bertz CT molecular complexity index is 1290. The van der Waals surface area contributed by atoms with Crippen molar-refractivity contribution in [3.63, 3.8) is 0 Å². The summed E-state index contributed by atoms with van der Waals surface area (Å²) in [5, 5.41) is 10.7. The van der Waals surface area contributed by atoms with Crippen molar-refractivity contribution in [3.8, 4) is 5.69 Å². The molecule has 2 aromatic carbocycles. The standard InChI is InChI=1S/C25H27N5O2S/c1-3-18-8-6-9-19-20(15-26-23(18)19)22(31)16-33-25-28-27-24(29-11-13-32-14-12-29)30(25)21-10-5-4-7-17(21)2/h4-10,15,26H,3,11-14,16H2,1-2H3. The fraction of sp³-hybridized carbons (Fsp3) is 0.320. The van der Waals surface area contributed by atoms with Gasteiger partial charge in [-0.3, -0.25) is 9.36 Å². The van der Waals surface area contributed by atoms with E-state index in [2.05, 4.69) is 56.7 Å². The number of hydrogen-bond acceptors (Lipinski definition) is 6. The van der Waals surface area contributed by atoms with Gasteiger partial charge in [0.1, 0.15) is 0 Å². The van der Waals surface area contributed by atoms with E-state index in [1.54, 1.807) is 0 Å². The van der Waals surface area contributed by atoms with Crippen molar-refractivity contribution in [3.05, 3.63) is 65.4 Å². The molecule has 3 heterocycles. The number of anilines is 1. The van der Waals surface area contributed by atoms with Crippen LogP contribution in [0, 0.1) is 6.92 Å². The highest BCUT2D eigenvalue weighted by atomic mass is 32.2. The van der Waals surface area contributed by atoms with Gasteiger partial charge >= 0.3 is 0 Å². The minimum atomic E-state index is 0.0757. The van der Waals surface area contributed by atoms with Crippen LogP contribution in [-0.4, -0.2) is 57.6 Å². The van der Waals surface area contributed by atoms with Crippen LogP contribution in [0.1, 0.15) is 28.4 Å². The van der Waals surface area contributed by atoms with Gasteiger partial charge in [-0.2, -0.15) is 0 Å². The summed E-state index contributed by atoms with van der Waals surface area (Å²) in [7, 11) is 0. The van der Waals surface area contributed by atoms with Crippen LogP contribution in [0.4, 0.5) is 5.95 Å². The van der Waals surface area contributed by atoms with Crippen molar-refractivity contribution in [1.29, 1.82) is 0 Å². The maximum Gasteiger partial charge on any atom is 0.232 e. The molecule has 0 unspecified atom stereocenters. The summed E-state index contributed by atoms with van der Waals surface area (Å²) >= 11 is 1.43. The van der Waals surface area contributed by atoms with Crippen molar-refractivity contribution in [2.75, 3.05) is 37.0 Å². The number of ether oxygens (including phenoxy) is 1. The maximum absolute atomic E-state index is 13.2. The topological polar surface area (TPSA) is 76.0 Å². The minimum Gasteiger partial charge on any atom is -0.378 e. The Labute approximate surface area is 197 Å². The van der Waals surface area contributed by atoms with Crippen LogP contribution in [0.15, 0.2) is 53.8 Å². The van der Waals surface area contributed by atoms with Crippen LogP contribution in [0.2, 0.25) is 0 Å². The van der Waals surface area contributed by atoms with Gasteiger partial charge in [-0.1, -0.05) is 55.1 Å². The normalized spacial score (nSPS) is 14.2. The van der Waals surface area contributed by atoms with Gasteiger partial charge in [0, 0.05) is 35.8 Å². The second-order valence-electron chi connectivity index (χ2n) is 8.11. The van der Waals surface area contributed by atoms with Crippen LogP contribution in [-0.2, 0) is 11.2 Å². The number of hydrogen-bond donors (Lipinski definition) is 1. The fourth-order valence-electron chi connectivity index (χ4n) is 4.30. The second kappa shape index (κ2) is 9.41. The van der Waals surface area contributed by atoms with Crippen molar-refractivity contribution >= 4 is 34.4 Å². The number of ketones is 1. The number of nitrogens with zero attached hydrogens (tertiary/aromatic N) is 4. The number of aryl methyl sites for hydroxylation is 2. The van der Waals surface area contributed by atoms with E-state index in [0.29, 0.717) is 18.4 Å². The third-order valence-corrected chi connectivity index (χ3v) is 7.01. The number of carbonyl (C=O) groups excluding carboxylic acids is 1. The number of H-pyrrole nitrogens is 1. The highest BCUT2D eigenvalue weighted by Gasteiger charge is 2.23. The molecule has 170 valence electrons. The number of aromatic nitrogens is 4. The lowest BCUT2D eigenvalue weighted by Crippen LogP contribution is -2.38. The average molecular weight is 462 g/mol. The summed E-state index contributed by atoms with van der Waals surface area (Å²) in [4.78, 5) is 18.7. The van der Waals surface area contributed by atoms with Crippen LogP contribution >= 0.6 is 11.8 Å². The Hall–Kier alpha value is -3.10. The molecule has 2 aromatic heterocycles. The molecule has 1 aliphatic heterocycles. The highest BCUT2D eigenvalue weighted by molar-refractivity contribution is 7.99. The molecule has 1 fully saturated rings. The summed E-state index contributed by atoms with van der Waals surface area (Å²) in [6, 6.07) is 14.3. The number of morpholine rings is 1. The first-order chi connectivity index (χ1) is 16.2. The molecule has 0 spiro atoms. The summed E-state index contributed by atoms with van der Waals surface area (Å²) in [5.41, 5.74) is 5.14. The van der Waals surface area contributed by atoms with Crippen LogP contribution < -0.4 is 4.90 Å². The first kappa shape index (κ1) is 21.7. The zero-order valence-electron chi connectivity index (χ0n) is 18.9. The zero-order chi connectivity index (χ0) is 22.8. The van der Waals surface area contributed by atoms with Crippen LogP contribution in [0.25, 0.3) is 16.6 Å². The van der Waals surface area contributed by atoms with Crippen molar-refractivity contribution in [1.82, 2.24) is 19.7 Å². The van der Waals surface area contributed by atoms with E-state index in [0.717, 1.165) is 53.2 Å². The number of thioether (sulfide) groups is 1. The molecule has 7 nitrogen and oxygen atoms in total. The van der Waals surface area contributed by atoms with E-state index in [1.165, 1.54) is 17.3 Å². The number of benzene rings is 2. The molecular weight excluding hydrogens is 434 g/mol. The van der Waals surface area contributed by atoms with Gasteiger partial charge in [-0.05, 0) is 30.5 Å². The first-order valence-electron chi connectivity index (χ1n) is 11.3. The molecule has 1 saturated heterocycles. The quantitative estimate of drug-likeness (QED) is 0.324. The Kier molecular flexibility index (Phi) is 6.20. The predicted molar refractivity (Wildman–Crippen MR) is 132 cm³/mol. The summed E-state index contributed by atoms with van der Waals surface area (Å²) < 4.78 is 7.59. The van der Waals surface area contributed by atoms with Gasteiger partial charge < -0.3 is 14.6 Å². The number of rotatable bonds is 7. The number of fused-ring (bicyclic) bond motifs is 1. The van der Waals surface area contributed by atoms with E-state index in [1.807, 2.05) is 30.5 Å². The number of carbonyl (C=O) groups is 1. The molecule has 5 rings (SSSR count). The molecule has 8 heteroatoms. The van der Waals surface area contributed by atoms with Crippen LogP contribution in [0.5, 0.6) is 0 Å². The summed E-state index contributed by atoms with van der Waals surface area (Å²) in [6.07, 6.45) is 2.75. The molecule has 0 radical (unpaired) electrons. The number of Topliss-reactive ketones (excluding diaryl/α,β-unsaturated/α-hetero) is 1. The molecule has 4 aromatic rings. The van der Waals surface area contributed by atoms with E-state index in [9.17, 15) is 4.79 Å². The first-order valence-corrected chi connectivity index (χ1v) is 12.2. The zero-order valence-corrected chi connectivity index (χ0v) is 19.7. The van der Waals surface area contributed by atoms with Crippen molar-refractivity contribution < 1.29 is 9.53 Å². The molecule has 0 bridgehead atoms. The van der Waals surface area contributed by atoms with E-state index >= 15 is 0 Å². The maximum atomic E-state index is 13.2. The smallest absolute Gasteiger partial charge is 0.232 e. The van der Waals surface area contributed by atoms with Gasteiger partial charge in [0.25, 0.3) is 0 Å². The van der Waals surface area contributed by atoms with Gasteiger partial charge in [0.05, 0.1) is 24.7 Å². The minimum absolute atomic E-state index is 0.0757. The molecule has 0 saturated carbocycles. The third kappa shape index (κ3) is 4.16. The van der Waals surface area contributed by atoms with Gasteiger partial charge in [-0.25, -0.2) is 0 Å². The van der Waals surface area contributed by atoms with Gasteiger partial charge in [0.15, 0.2) is 10.9 Å². The largest absolute Gasteiger partial charge is 0.378 e. The molecule has 0 aliphatic carbocycles. The van der Waals surface area contributed by atoms with E-state index in [4.69, 9.17) is 4.74 Å². The van der Waals surface area contributed by atoms with Crippen LogP contribution in [0.3, 0.4) is 0 Å². The Morgan fingerprint density at radius 1 is 1.12 bits per heavy atom. The lowest BCUT2D eigenvalue weighted by Gasteiger charge is -2.28. The lowest BCUT2D eigenvalue weighted by atomic mass is 10.1. The van der Waals surface area contributed by atoms with Gasteiger partial charge in [0.2, 0.25) is 5.95 Å². The fourth-order valence-corrected chi connectivity index (χ4v) is 5.12. The molecule has 33 heavy (non-hydrogen) atoms. The predicted octanol–water partition coefficient (Wildman–Crippen LogP) is 4.43. The Morgan fingerprint density at radius 3 is 2.73 bits per heavy atom. The monoisotopic (exact) mass is 461 g/mol. The van der Waals surface area contributed by atoms with E-state index in [-0.39, 0.29) is 11.5 Å². The summed E-state index contributed by atoms with van der Waals surface area (Å²) in [6.45, 7) is 7.07. The number of aromatic amines is 1. The van der Waals surface area contributed by atoms with Crippen molar-refractivity contribution in [2.24, 2.45) is 0 Å². The highest BCUT2D eigenvalue weighted by Crippen LogP contribution is 2.30. The molecule has 1 N–H and O–H groups in total. The molecule has 0 amide bonds. The molecule has 0 atom stereocenters. The SMILES string of the molecule is CCc1cccc2c(C(=O)CSc3nnc(N4CCOCC4)n3-c3ccccc3C)c[nH]c12. The number of nitrogens with one attached hydrogen (secondary N) is 1. The average Bonchev–Trinajstić information content (AvgIpc) is 3.48. The summed E-state index contributed by atoms with van der Waals surface area (Å²) in [5.74, 6) is 1.16. The second-order valence-corrected chi connectivity index (χ2v) is 9.05. The molecular formula is C25H27N5O2S. The molecule has 1 aliphatic rings. The van der Waals surface area contributed by atoms with Gasteiger partial charge in [-0.15, -0.1) is 10.2 Å². The lowest BCUT2D eigenvalue weighted by molar-refractivity contribution is 0.102. The third-order valence-electron chi connectivity index (χ3n) is 6.08. The Morgan fingerprint density at radius 2 is 1.94 bits per heavy atom. The van der Waals surface area contributed by atoms with Crippen molar-refractivity contribution in [2.45, 2.75) is 25.4 Å². The van der Waals surface area contributed by atoms with E-state index < -0.39 is 0 Å². The Balaban J connectivity index is 1.45. The number of para-hydroxylation sites is 2.